The molecule has 5 N–H and O–H groups in total. The Morgan fingerprint density at radius 1 is 0.509 bits per heavy atom. The Kier molecular flexibility index (Phi) is 16.7. The first kappa shape index (κ1) is 42.1. The molecule has 0 spiro atoms. The number of aliphatic hydroxyl groups excluding tert-OH is 1. The maximum atomic E-state index is 13.9. The smallest absolute Gasteiger partial charge is 0.408 e. The molecule has 4 amide bonds. The number of ether oxygens (including phenoxy) is 2. The quantitative estimate of drug-likeness (QED) is 0.0777. The van der Waals surface area contributed by atoms with Crippen molar-refractivity contribution in [2.45, 2.75) is 90.4 Å². The molecule has 5 atom stereocenters. The van der Waals surface area contributed by atoms with Crippen LogP contribution in [-0.2, 0) is 45.1 Å². The summed E-state index contributed by atoms with van der Waals surface area (Å²) in [6.45, 7) is 7.37. The Balaban J connectivity index is 1.49. The zero-order chi connectivity index (χ0) is 39.6. The van der Waals surface area contributed by atoms with Gasteiger partial charge in [0.15, 0.2) is 0 Å². The predicted octanol–water partition coefficient (Wildman–Crippen LogP) is 6.09. The monoisotopic (exact) mass is 750 g/mol. The molecular weight excluding hydrogens is 697 g/mol. The van der Waals surface area contributed by atoms with Crippen LogP contribution in [0.15, 0.2) is 121 Å². The molecule has 11 nitrogen and oxygen atoms in total. The Morgan fingerprint density at radius 3 is 1.27 bits per heavy atom. The molecule has 4 aromatic carbocycles. The fraction of sp³-hybridized carbons (Fsp3) is 0.364. The Labute approximate surface area is 324 Å². The van der Waals surface area contributed by atoms with Gasteiger partial charge in [-0.05, 0) is 53.4 Å². The van der Waals surface area contributed by atoms with Gasteiger partial charge in [0.2, 0.25) is 11.8 Å². The number of amides is 4. The molecule has 4 aromatic rings. The van der Waals surface area contributed by atoms with Crippen molar-refractivity contribution < 1.29 is 33.8 Å². The first-order chi connectivity index (χ1) is 26.5. The third kappa shape index (κ3) is 14.6. The topological polar surface area (TPSA) is 155 Å². The average Bonchev–Trinajstić information content (AvgIpc) is 3.18. The molecule has 0 saturated heterocycles. The number of nitrogens with one attached hydrogen (secondary N) is 4. The van der Waals surface area contributed by atoms with E-state index in [2.05, 4.69) is 21.3 Å². The molecule has 0 aliphatic rings. The first-order valence-corrected chi connectivity index (χ1v) is 18.8. The van der Waals surface area contributed by atoms with Crippen molar-refractivity contribution in [2.24, 2.45) is 11.8 Å². The lowest BCUT2D eigenvalue weighted by Gasteiger charge is -2.31. The predicted molar refractivity (Wildman–Crippen MR) is 212 cm³/mol. The van der Waals surface area contributed by atoms with E-state index in [0.717, 1.165) is 22.3 Å². The molecule has 0 aliphatic heterocycles. The highest BCUT2D eigenvalue weighted by Crippen LogP contribution is 2.16. The van der Waals surface area contributed by atoms with Crippen molar-refractivity contribution in [2.75, 3.05) is 0 Å². The SMILES string of the molecule is CC(C)[C@H](NC(=O)OCc1ccccc1)C(=O)N[C@@H](Cc1ccccc1)C[C@H](O)[C@H](Cc1ccccc1)NC(=O)[C@@H](NC(=O)OCc1ccccc1)C(C)C. The summed E-state index contributed by atoms with van der Waals surface area (Å²) in [6, 6.07) is 34.3. The minimum absolute atomic E-state index is 0.0467. The van der Waals surface area contributed by atoms with Gasteiger partial charge in [0, 0.05) is 6.04 Å². The van der Waals surface area contributed by atoms with Crippen LogP contribution >= 0.6 is 0 Å². The number of carbonyl (C=O) groups excluding carboxylic acids is 4. The molecule has 292 valence electrons. The second-order valence-electron chi connectivity index (χ2n) is 14.4. The van der Waals surface area contributed by atoms with Gasteiger partial charge in [0.25, 0.3) is 0 Å². The number of benzene rings is 4. The summed E-state index contributed by atoms with van der Waals surface area (Å²) in [6.07, 6.45) is -1.85. The maximum absolute atomic E-state index is 13.9. The van der Waals surface area contributed by atoms with E-state index < -0.39 is 54.3 Å². The number of aliphatic hydroxyl groups is 1. The number of alkyl carbamates (subject to hydrolysis) is 2. The van der Waals surface area contributed by atoms with E-state index in [9.17, 15) is 24.3 Å². The van der Waals surface area contributed by atoms with Crippen LogP contribution in [0.25, 0.3) is 0 Å². The molecule has 0 radical (unpaired) electrons. The molecule has 0 saturated carbocycles. The van der Waals surface area contributed by atoms with Gasteiger partial charge < -0.3 is 35.8 Å². The van der Waals surface area contributed by atoms with E-state index in [1.54, 1.807) is 0 Å². The van der Waals surface area contributed by atoms with E-state index in [4.69, 9.17) is 9.47 Å². The standard InChI is InChI=1S/C44H54N4O7/c1-30(2)39(47-43(52)54-28-34-21-13-7-14-22-34)41(50)45-36(25-32-17-9-5-10-18-32)27-38(49)37(26-33-19-11-6-12-20-33)46-42(51)40(31(3)4)48-44(53)55-29-35-23-15-8-16-24-35/h5-24,30-31,36-40,49H,25-29H2,1-4H3,(H,45,50)(H,46,51)(H,47,52)(H,48,53)/t36-,37-,38-,39-,40-/m0/s1. The van der Waals surface area contributed by atoms with Gasteiger partial charge in [-0.15, -0.1) is 0 Å². The lowest BCUT2D eigenvalue weighted by molar-refractivity contribution is -0.127. The number of hydrogen-bond acceptors (Lipinski definition) is 7. The van der Waals surface area contributed by atoms with E-state index >= 15 is 0 Å². The lowest BCUT2D eigenvalue weighted by Crippen LogP contribution is -2.56. The molecular formula is C44H54N4O7. The van der Waals surface area contributed by atoms with Gasteiger partial charge in [0.05, 0.1) is 12.1 Å². The summed E-state index contributed by atoms with van der Waals surface area (Å²) in [5.41, 5.74) is 3.43. The van der Waals surface area contributed by atoms with Gasteiger partial charge in [-0.1, -0.05) is 149 Å². The molecule has 55 heavy (non-hydrogen) atoms. The Bertz CT molecular complexity index is 1760. The van der Waals surface area contributed by atoms with Crippen molar-refractivity contribution in [1.29, 1.82) is 0 Å². The highest BCUT2D eigenvalue weighted by Gasteiger charge is 2.32. The molecule has 0 heterocycles. The van der Waals surface area contributed by atoms with E-state index in [1.165, 1.54) is 0 Å². The summed E-state index contributed by atoms with van der Waals surface area (Å²) in [5, 5.41) is 23.4. The van der Waals surface area contributed by atoms with Crippen LogP contribution < -0.4 is 21.3 Å². The van der Waals surface area contributed by atoms with Gasteiger partial charge in [-0.2, -0.15) is 0 Å². The lowest BCUT2D eigenvalue weighted by atomic mass is 9.92. The number of rotatable bonds is 19. The van der Waals surface area contributed by atoms with Crippen LogP contribution in [0.4, 0.5) is 9.59 Å². The van der Waals surface area contributed by atoms with Gasteiger partial charge in [-0.3, -0.25) is 9.59 Å². The molecule has 0 bridgehead atoms. The average molecular weight is 751 g/mol. The van der Waals surface area contributed by atoms with E-state index in [1.807, 2.05) is 149 Å². The molecule has 0 aromatic heterocycles. The second kappa shape index (κ2) is 21.9. The summed E-state index contributed by atoms with van der Waals surface area (Å²) >= 11 is 0. The molecule has 4 rings (SSSR count). The minimum atomic E-state index is -1.13. The van der Waals surface area contributed by atoms with Crippen molar-refractivity contribution in [1.82, 2.24) is 21.3 Å². The summed E-state index contributed by atoms with van der Waals surface area (Å²) in [4.78, 5) is 53.3. The highest BCUT2D eigenvalue weighted by atomic mass is 16.6. The van der Waals surface area contributed by atoms with Crippen LogP contribution in [0.2, 0.25) is 0 Å². The van der Waals surface area contributed by atoms with Crippen LogP contribution in [0.5, 0.6) is 0 Å². The van der Waals surface area contributed by atoms with Gasteiger partial charge in [0.1, 0.15) is 25.3 Å². The van der Waals surface area contributed by atoms with E-state index in [0.29, 0.717) is 6.42 Å². The van der Waals surface area contributed by atoms with Gasteiger partial charge in [-0.25, -0.2) is 9.59 Å². The zero-order valence-corrected chi connectivity index (χ0v) is 32.0. The largest absolute Gasteiger partial charge is 0.445 e. The highest BCUT2D eigenvalue weighted by molar-refractivity contribution is 5.87. The fourth-order valence-corrected chi connectivity index (χ4v) is 6.12. The maximum Gasteiger partial charge on any atom is 0.408 e. The molecule has 0 fully saturated rings. The van der Waals surface area contributed by atoms with Crippen LogP contribution in [0.3, 0.4) is 0 Å². The third-order valence-corrected chi connectivity index (χ3v) is 9.16. The second-order valence-corrected chi connectivity index (χ2v) is 14.4. The summed E-state index contributed by atoms with van der Waals surface area (Å²) in [5.74, 6) is -1.49. The Morgan fingerprint density at radius 2 is 0.873 bits per heavy atom. The molecule has 0 unspecified atom stereocenters. The van der Waals surface area contributed by atoms with Crippen LogP contribution in [0, 0.1) is 11.8 Å². The Hall–Kier alpha value is -5.68. The van der Waals surface area contributed by atoms with Gasteiger partial charge >= 0.3 is 12.2 Å². The number of hydrogen-bond donors (Lipinski definition) is 5. The van der Waals surface area contributed by atoms with E-state index in [-0.39, 0.29) is 37.9 Å². The van der Waals surface area contributed by atoms with Crippen molar-refractivity contribution in [3.8, 4) is 0 Å². The number of carbonyl (C=O) groups is 4. The zero-order valence-electron chi connectivity index (χ0n) is 32.0. The summed E-state index contributed by atoms with van der Waals surface area (Å²) < 4.78 is 10.8. The van der Waals surface area contributed by atoms with Crippen LogP contribution in [0.1, 0.15) is 56.4 Å². The van der Waals surface area contributed by atoms with Crippen molar-refractivity contribution in [3.63, 3.8) is 0 Å². The normalized spacial score (nSPS) is 13.8. The van der Waals surface area contributed by atoms with Crippen molar-refractivity contribution >= 4 is 24.0 Å². The summed E-state index contributed by atoms with van der Waals surface area (Å²) in [7, 11) is 0. The van der Waals surface area contributed by atoms with Crippen LogP contribution in [-0.4, -0.2) is 59.4 Å². The first-order valence-electron chi connectivity index (χ1n) is 18.8. The molecule has 11 heteroatoms. The third-order valence-electron chi connectivity index (χ3n) is 9.16. The molecule has 0 aliphatic carbocycles. The minimum Gasteiger partial charge on any atom is -0.445 e. The fourth-order valence-electron chi connectivity index (χ4n) is 6.12. The van der Waals surface area contributed by atoms with Crippen molar-refractivity contribution in [3.05, 3.63) is 144 Å².